The van der Waals surface area contributed by atoms with E-state index in [0.717, 1.165) is 17.1 Å². The van der Waals surface area contributed by atoms with E-state index in [0.29, 0.717) is 0 Å². The smallest absolute Gasteiger partial charge is 0.0811 e. The molecule has 0 amide bonds. The van der Waals surface area contributed by atoms with Crippen molar-refractivity contribution in [3.05, 3.63) is 91.0 Å². The number of nitrogens with one attached hydrogen (secondary N) is 2. The highest BCUT2D eigenvalue weighted by atomic mass is 15.7. The first-order valence-electron chi connectivity index (χ1n) is 6.90. The van der Waals surface area contributed by atoms with Crippen LogP contribution in [0.3, 0.4) is 0 Å². The van der Waals surface area contributed by atoms with Crippen molar-refractivity contribution >= 4 is 17.1 Å². The van der Waals surface area contributed by atoms with Crippen molar-refractivity contribution in [1.29, 1.82) is 0 Å². The van der Waals surface area contributed by atoms with Gasteiger partial charge in [0.2, 0.25) is 0 Å². The summed E-state index contributed by atoms with van der Waals surface area (Å²) < 4.78 is 0. The summed E-state index contributed by atoms with van der Waals surface area (Å²) in [6.07, 6.45) is 0. The van der Waals surface area contributed by atoms with Crippen molar-refractivity contribution in [2.45, 2.75) is 0 Å². The minimum atomic E-state index is 1.02. The molecule has 104 valence electrons. The monoisotopic (exact) mass is 275 g/mol. The number of anilines is 3. The van der Waals surface area contributed by atoms with Crippen LogP contribution >= 0.6 is 0 Å². The molecule has 0 saturated carbocycles. The number of para-hydroxylation sites is 3. The van der Waals surface area contributed by atoms with E-state index >= 15 is 0 Å². The molecule has 0 spiro atoms. The minimum absolute atomic E-state index is 1.02. The van der Waals surface area contributed by atoms with Crippen molar-refractivity contribution in [3.63, 3.8) is 0 Å². The van der Waals surface area contributed by atoms with Gasteiger partial charge in [0.15, 0.2) is 0 Å². The Bertz CT molecular complexity index is 612. The molecule has 0 bridgehead atoms. The molecule has 0 aliphatic heterocycles. The second-order valence-corrected chi connectivity index (χ2v) is 4.63. The first-order chi connectivity index (χ1) is 10.4. The van der Waals surface area contributed by atoms with Gasteiger partial charge in [-0.2, -0.15) is 5.12 Å². The van der Waals surface area contributed by atoms with Gasteiger partial charge in [0.05, 0.1) is 17.1 Å². The van der Waals surface area contributed by atoms with Gasteiger partial charge in [-0.3, -0.25) is 10.9 Å². The first kappa shape index (κ1) is 13.1. The predicted molar refractivity (Wildman–Crippen MR) is 89.1 cm³/mol. The maximum atomic E-state index is 3.37. The zero-order valence-electron chi connectivity index (χ0n) is 11.6. The van der Waals surface area contributed by atoms with Crippen molar-refractivity contribution < 1.29 is 0 Å². The molecule has 0 radical (unpaired) electrons. The van der Waals surface area contributed by atoms with E-state index in [2.05, 4.69) is 10.9 Å². The quantitative estimate of drug-likeness (QED) is 0.669. The summed E-state index contributed by atoms with van der Waals surface area (Å²) in [6.45, 7) is 0. The van der Waals surface area contributed by atoms with Gasteiger partial charge in [-0.25, -0.2) is 0 Å². The molecule has 0 unspecified atom stereocenters. The van der Waals surface area contributed by atoms with Gasteiger partial charge in [0.1, 0.15) is 0 Å². The van der Waals surface area contributed by atoms with Crippen LogP contribution in [0.15, 0.2) is 91.0 Å². The summed E-state index contributed by atoms with van der Waals surface area (Å²) in [6, 6.07) is 30.3. The molecular weight excluding hydrogens is 258 g/mol. The first-order valence-corrected chi connectivity index (χ1v) is 6.90. The van der Waals surface area contributed by atoms with Gasteiger partial charge in [0, 0.05) is 0 Å². The molecule has 2 N–H and O–H groups in total. The van der Waals surface area contributed by atoms with Crippen molar-refractivity contribution in [2.75, 3.05) is 16.0 Å². The number of hydrazine groups is 2. The Morgan fingerprint density at radius 1 is 0.476 bits per heavy atom. The average molecular weight is 275 g/mol. The molecule has 0 saturated heterocycles. The second-order valence-electron chi connectivity index (χ2n) is 4.63. The van der Waals surface area contributed by atoms with Crippen LogP contribution in [0.25, 0.3) is 0 Å². The number of benzene rings is 3. The predicted octanol–water partition coefficient (Wildman–Crippen LogP) is 4.55. The number of nitrogens with zero attached hydrogens (tertiary/aromatic N) is 1. The van der Waals surface area contributed by atoms with Crippen LogP contribution in [0.5, 0.6) is 0 Å². The largest absolute Gasteiger partial charge is 0.280 e. The fourth-order valence-corrected chi connectivity index (χ4v) is 2.02. The molecule has 0 aliphatic carbocycles. The zero-order valence-corrected chi connectivity index (χ0v) is 11.6. The van der Waals surface area contributed by atoms with E-state index in [9.17, 15) is 0 Å². The number of rotatable bonds is 5. The van der Waals surface area contributed by atoms with Gasteiger partial charge in [0.25, 0.3) is 0 Å². The SMILES string of the molecule is c1ccc(NN(Nc2ccccc2)c2ccccc2)cc1. The highest BCUT2D eigenvalue weighted by Crippen LogP contribution is 2.18. The molecule has 0 fully saturated rings. The van der Waals surface area contributed by atoms with E-state index in [4.69, 9.17) is 0 Å². The lowest BCUT2D eigenvalue weighted by atomic mass is 10.3. The van der Waals surface area contributed by atoms with Gasteiger partial charge >= 0.3 is 0 Å². The van der Waals surface area contributed by atoms with Gasteiger partial charge in [-0.1, -0.05) is 54.6 Å². The fraction of sp³-hybridized carbons (Fsp3) is 0. The lowest BCUT2D eigenvalue weighted by Crippen LogP contribution is -2.35. The van der Waals surface area contributed by atoms with E-state index in [-0.39, 0.29) is 0 Å². The molecule has 3 nitrogen and oxygen atoms in total. The minimum Gasteiger partial charge on any atom is -0.280 e. The summed E-state index contributed by atoms with van der Waals surface area (Å²) in [5, 5.41) is 1.91. The van der Waals surface area contributed by atoms with Gasteiger partial charge < -0.3 is 0 Å². The molecular formula is C18H17N3. The van der Waals surface area contributed by atoms with E-state index in [1.807, 2.05) is 96.1 Å². The zero-order chi connectivity index (χ0) is 14.3. The maximum absolute atomic E-state index is 3.37. The molecule has 0 aliphatic rings. The van der Waals surface area contributed by atoms with Crippen LogP contribution in [0, 0.1) is 0 Å². The molecule has 0 aromatic heterocycles. The number of hydrogen-bond donors (Lipinski definition) is 2. The van der Waals surface area contributed by atoms with Crippen LogP contribution < -0.4 is 16.0 Å². The lowest BCUT2D eigenvalue weighted by Gasteiger charge is -2.27. The van der Waals surface area contributed by atoms with Crippen LogP contribution in [-0.4, -0.2) is 0 Å². The molecule has 3 heteroatoms. The van der Waals surface area contributed by atoms with E-state index in [1.165, 1.54) is 0 Å². The Hall–Kier alpha value is -2.94. The topological polar surface area (TPSA) is 27.3 Å². The van der Waals surface area contributed by atoms with Crippen molar-refractivity contribution in [2.24, 2.45) is 0 Å². The van der Waals surface area contributed by atoms with Crippen molar-refractivity contribution in [3.8, 4) is 0 Å². The van der Waals surface area contributed by atoms with Crippen LogP contribution in [0.2, 0.25) is 0 Å². The highest BCUT2D eigenvalue weighted by molar-refractivity contribution is 5.60. The normalized spacial score (nSPS) is 9.90. The summed E-state index contributed by atoms with van der Waals surface area (Å²) in [7, 11) is 0. The average Bonchev–Trinajstić information content (AvgIpc) is 2.57. The van der Waals surface area contributed by atoms with Gasteiger partial charge in [-0.15, -0.1) is 0 Å². The summed E-state index contributed by atoms with van der Waals surface area (Å²) >= 11 is 0. The molecule has 0 atom stereocenters. The van der Waals surface area contributed by atoms with E-state index in [1.54, 1.807) is 0 Å². The van der Waals surface area contributed by atoms with Crippen LogP contribution in [0.1, 0.15) is 0 Å². The van der Waals surface area contributed by atoms with Gasteiger partial charge in [-0.05, 0) is 36.4 Å². The molecule has 3 aromatic carbocycles. The van der Waals surface area contributed by atoms with E-state index < -0.39 is 0 Å². The summed E-state index contributed by atoms with van der Waals surface area (Å²) in [5.41, 5.74) is 9.80. The third-order valence-electron chi connectivity index (χ3n) is 3.04. The fourth-order valence-electron chi connectivity index (χ4n) is 2.02. The molecule has 3 aromatic rings. The lowest BCUT2D eigenvalue weighted by molar-refractivity contribution is 1.06. The molecule has 21 heavy (non-hydrogen) atoms. The summed E-state index contributed by atoms with van der Waals surface area (Å²) in [5.74, 6) is 0. The Morgan fingerprint density at radius 2 is 0.857 bits per heavy atom. The second kappa shape index (κ2) is 6.48. The number of hydrogen-bond acceptors (Lipinski definition) is 3. The summed E-state index contributed by atoms with van der Waals surface area (Å²) in [4.78, 5) is 0. The maximum Gasteiger partial charge on any atom is 0.0811 e. The molecule has 3 rings (SSSR count). The van der Waals surface area contributed by atoms with Crippen molar-refractivity contribution in [1.82, 2.24) is 0 Å². The highest BCUT2D eigenvalue weighted by Gasteiger charge is 2.05. The standard InChI is InChI=1S/C18H17N3/c1-4-10-16(11-5-1)19-21(18-14-8-3-9-15-18)20-17-12-6-2-7-13-17/h1-15,19-20H. The third kappa shape index (κ3) is 3.54. The molecule has 0 heterocycles. The Balaban J connectivity index is 1.84. The Labute approximate surface area is 124 Å². The third-order valence-corrected chi connectivity index (χ3v) is 3.04. The van der Waals surface area contributed by atoms with Crippen LogP contribution in [0.4, 0.5) is 17.1 Å². The Kier molecular flexibility index (Phi) is 4.03. The Morgan fingerprint density at radius 3 is 1.29 bits per heavy atom. The van der Waals surface area contributed by atoms with Crippen LogP contribution in [-0.2, 0) is 0 Å².